The molecule has 38 heavy (non-hydrogen) atoms. The number of benzene rings is 3. The van der Waals surface area contributed by atoms with E-state index in [2.05, 4.69) is 27.6 Å². The molecule has 0 saturated heterocycles. The lowest BCUT2D eigenvalue weighted by molar-refractivity contribution is 0.0942. The van der Waals surface area contributed by atoms with Crippen LogP contribution in [0.25, 0.3) is 16.6 Å². The molecule has 0 atom stereocenters. The van der Waals surface area contributed by atoms with Crippen LogP contribution in [0.5, 0.6) is 0 Å². The third-order valence-electron chi connectivity index (χ3n) is 6.61. The molecule has 0 aliphatic carbocycles. The Labute approximate surface area is 225 Å². The minimum absolute atomic E-state index is 0.163. The monoisotopic (exact) mass is 526 g/mol. The van der Waals surface area contributed by atoms with E-state index in [1.807, 2.05) is 47.9 Å². The summed E-state index contributed by atoms with van der Waals surface area (Å²) in [6.45, 7) is 2.14. The molecule has 5 rings (SSSR count). The Balaban J connectivity index is 1.42. The van der Waals surface area contributed by atoms with E-state index < -0.39 is 5.91 Å². The van der Waals surface area contributed by atoms with Gasteiger partial charge in [0.25, 0.3) is 11.8 Å². The lowest BCUT2D eigenvalue weighted by Crippen LogP contribution is -2.27. The van der Waals surface area contributed by atoms with Gasteiger partial charge >= 0.3 is 0 Å². The van der Waals surface area contributed by atoms with Gasteiger partial charge in [-0.1, -0.05) is 53.6 Å². The molecule has 0 aliphatic rings. The van der Waals surface area contributed by atoms with E-state index in [1.54, 1.807) is 35.4 Å². The molecule has 0 aliphatic heterocycles. The van der Waals surface area contributed by atoms with Gasteiger partial charge < -0.3 is 15.6 Å². The summed E-state index contributed by atoms with van der Waals surface area (Å²) in [5.74, 6) is -0.803. The van der Waals surface area contributed by atoms with Gasteiger partial charge in [-0.25, -0.2) is 0 Å². The van der Waals surface area contributed by atoms with E-state index in [0.717, 1.165) is 40.7 Å². The fraction of sp³-hybridized carbons (Fsp3) is 0.172. The lowest BCUT2D eigenvalue weighted by atomic mass is 10.0. The van der Waals surface area contributed by atoms with Crippen molar-refractivity contribution >= 4 is 34.3 Å². The van der Waals surface area contributed by atoms with Crippen molar-refractivity contribution in [3.8, 4) is 5.69 Å². The normalized spacial score (nSPS) is 11.1. The predicted molar refractivity (Wildman–Crippen MR) is 147 cm³/mol. The molecular weight excluding hydrogens is 500 g/mol. The molecule has 5 aromatic rings. The van der Waals surface area contributed by atoms with Crippen LogP contribution in [0.1, 0.15) is 44.0 Å². The molecule has 0 radical (unpaired) electrons. The number of aromatic nitrogens is 4. The average Bonchev–Trinajstić information content (AvgIpc) is 3.54. The van der Waals surface area contributed by atoms with E-state index in [1.165, 1.54) is 5.56 Å². The van der Waals surface area contributed by atoms with Gasteiger partial charge in [0.15, 0.2) is 0 Å². The van der Waals surface area contributed by atoms with Crippen molar-refractivity contribution in [2.24, 2.45) is 5.73 Å². The van der Waals surface area contributed by atoms with Crippen LogP contribution in [0, 0.1) is 6.92 Å². The first-order chi connectivity index (χ1) is 18.4. The molecule has 3 aromatic carbocycles. The van der Waals surface area contributed by atoms with Crippen molar-refractivity contribution < 1.29 is 9.59 Å². The Morgan fingerprint density at radius 3 is 2.45 bits per heavy atom. The SMILES string of the molecule is Cc1ccc2c(c1)c(C(N)=O)c(CCCc1ccccc1)n2CNC(=O)c1ccc(-n2cnnc2)cc1Cl. The van der Waals surface area contributed by atoms with Gasteiger partial charge in [0, 0.05) is 16.8 Å². The molecule has 2 amide bonds. The summed E-state index contributed by atoms with van der Waals surface area (Å²) >= 11 is 6.46. The van der Waals surface area contributed by atoms with Crippen molar-refractivity contribution in [1.29, 1.82) is 0 Å². The molecule has 0 unspecified atom stereocenters. The maximum atomic E-state index is 13.1. The van der Waals surface area contributed by atoms with Gasteiger partial charge in [0.2, 0.25) is 0 Å². The zero-order chi connectivity index (χ0) is 26.6. The summed E-state index contributed by atoms with van der Waals surface area (Å²) in [6, 6.07) is 21.3. The number of rotatable bonds is 9. The van der Waals surface area contributed by atoms with Crippen molar-refractivity contribution in [2.45, 2.75) is 32.9 Å². The molecular formula is C29H27ClN6O2. The summed E-state index contributed by atoms with van der Waals surface area (Å²) in [4.78, 5) is 25.8. The van der Waals surface area contributed by atoms with Crippen LogP contribution in [-0.4, -0.2) is 31.1 Å². The predicted octanol–water partition coefficient (Wildman–Crippen LogP) is 4.85. The maximum Gasteiger partial charge on any atom is 0.254 e. The smallest absolute Gasteiger partial charge is 0.254 e. The Bertz CT molecular complexity index is 1610. The van der Waals surface area contributed by atoms with Gasteiger partial charge in [-0.2, -0.15) is 0 Å². The van der Waals surface area contributed by atoms with Crippen LogP contribution in [0.3, 0.4) is 0 Å². The standard InChI is InChI=1S/C29H27ClN6O2/c1-19-10-13-25-23(14-19)27(28(31)37)26(9-5-8-20-6-3-2-4-7-20)36(25)16-32-29(38)22-12-11-21(15-24(22)30)35-17-33-34-18-35/h2-4,6-7,10-15,17-18H,5,8-9,16H2,1H3,(H2,31,37)(H,32,38). The molecule has 0 fully saturated rings. The Kier molecular flexibility index (Phi) is 7.24. The molecule has 0 bridgehead atoms. The second kappa shape index (κ2) is 10.9. The van der Waals surface area contributed by atoms with E-state index in [4.69, 9.17) is 17.3 Å². The van der Waals surface area contributed by atoms with Crippen molar-refractivity contribution in [3.05, 3.63) is 112 Å². The number of halogens is 1. The number of carbonyl (C=O) groups excluding carboxylic acids is 2. The van der Waals surface area contributed by atoms with E-state index in [0.29, 0.717) is 22.6 Å². The second-order valence-corrected chi connectivity index (χ2v) is 9.58. The number of nitrogens with two attached hydrogens (primary N) is 1. The largest absolute Gasteiger partial charge is 0.366 e. The highest BCUT2D eigenvalue weighted by Crippen LogP contribution is 2.29. The van der Waals surface area contributed by atoms with E-state index >= 15 is 0 Å². The Morgan fingerprint density at radius 1 is 0.974 bits per heavy atom. The highest BCUT2D eigenvalue weighted by atomic mass is 35.5. The lowest BCUT2D eigenvalue weighted by Gasteiger charge is -2.14. The average molecular weight is 527 g/mol. The van der Waals surface area contributed by atoms with Crippen molar-refractivity contribution in [2.75, 3.05) is 0 Å². The second-order valence-electron chi connectivity index (χ2n) is 9.17. The maximum absolute atomic E-state index is 13.1. The number of fused-ring (bicyclic) bond motifs is 1. The van der Waals surface area contributed by atoms with Crippen LogP contribution in [0.4, 0.5) is 0 Å². The molecule has 0 spiro atoms. The summed E-state index contributed by atoms with van der Waals surface area (Å²) in [6.07, 6.45) is 5.43. The molecule has 192 valence electrons. The minimum Gasteiger partial charge on any atom is -0.366 e. The zero-order valence-electron chi connectivity index (χ0n) is 20.9. The number of hydrogen-bond donors (Lipinski definition) is 2. The van der Waals surface area contributed by atoms with Gasteiger partial charge in [-0.3, -0.25) is 14.2 Å². The summed E-state index contributed by atoms with van der Waals surface area (Å²) in [5, 5.41) is 11.7. The van der Waals surface area contributed by atoms with Gasteiger partial charge in [-0.05, 0) is 62.1 Å². The van der Waals surface area contributed by atoms with Crippen LogP contribution in [0.2, 0.25) is 5.02 Å². The summed E-state index contributed by atoms with van der Waals surface area (Å²) in [5.41, 5.74) is 11.4. The first kappa shape index (κ1) is 25.2. The molecule has 8 nitrogen and oxygen atoms in total. The van der Waals surface area contributed by atoms with Gasteiger partial charge in [0.05, 0.1) is 28.3 Å². The topological polar surface area (TPSA) is 108 Å². The van der Waals surface area contributed by atoms with Crippen LogP contribution >= 0.6 is 11.6 Å². The number of nitrogens with one attached hydrogen (secondary N) is 1. The minimum atomic E-state index is -0.479. The Morgan fingerprint density at radius 2 is 1.74 bits per heavy atom. The zero-order valence-corrected chi connectivity index (χ0v) is 21.7. The fourth-order valence-corrected chi connectivity index (χ4v) is 5.03. The van der Waals surface area contributed by atoms with E-state index in [9.17, 15) is 9.59 Å². The van der Waals surface area contributed by atoms with Crippen molar-refractivity contribution in [3.63, 3.8) is 0 Å². The van der Waals surface area contributed by atoms with E-state index in [-0.39, 0.29) is 12.6 Å². The third-order valence-corrected chi connectivity index (χ3v) is 6.92. The van der Waals surface area contributed by atoms with Crippen LogP contribution in [-0.2, 0) is 19.5 Å². The van der Waals surface area contributed by atoms with Crippen LogP contribution < -0.4 is 11.1 Å². The molecule has 3 N–H and O–H groups in total. The number of hydrogen-bond acceptors (Lipinski definition) is 4. The number of carbonyl (C=O) groups is 2. The molecule has 9 heteroatoms. The number of primary amides is 1. The highest BCUT2D eigenvalue weighted by molar-refractivity contribution is 6.34. The molecule has 0 saturated carbocycles. The molecule has 2 heterocycles. The summed E-state index contributed by atoms with van der Waals surface area (Å²) in [7, 11) is 0. The van der Waals surface area contributed by atoms with Gasteiger partial charge in [-0.15, -0.1) is 10.2 Å². The number of aryl methyl sites for hydroxylation is 2. The molecule has 2 aromatic heterocycles. The first-order valence-electron chi connectivity index (χ1n) is 12.3. The third kappa shape index (κ3) is 5.17. The quantitative estimate of drug-likeness (QED) is 0.286. The highest BCUT2D eigenvalue weighted by Gasteiger charge is 2.22. The number of nitrogens with zero attached hydrogens (tertiary/aromatic N) is 4. The Hall–Kier alpha value is -4.43. The van der Waals surface area contributed by atoms with Crippen LogP contribution in [0.15, 0.2) is 79.4 Å². The fourth-order valence-electron chi connectivity index (χ4n) is 4.77. The van der Waals surface area contributed by atoms with Gasteiger partial charge in [0.1, 0.15) is 12.7 Å². The summed E-state index contributed by atoms with van der Waals surface area (Å²) < 4.78 is 3.67. The number of amides is 2. The first-order valence-corrected chi connectivity index (χ1v) is 12.7. The van der Waals surface area contributed by atoms with Crippen molar-refractivity contribution in [1.82, 2.24) is 24.6 Å².